The van der Waals surface area contributed by atoms with Gasteiger partial charge in [-0.05, 0) is 22.6 Å². The molecule has 0 saturated carbocycles. The van der Waals surface area contributed by atoms with Gasteiger partial charge >= 0.3 is 0 Å². The molecule has 0 saturated heterocycles. The largest absolute Gasteiger partial charge is 0.380 e. The van der Waals surface area contributed by atoms with Crippen molar-refractivity contribution >= 4 is 11.3 Å². The van der Waals surface area contributed by atoms with Gasteiger partial charge in [0.2, 0.25) is 0 Å². The highest BCUT2D eigenvalue weighted by molar-refractivity contribution is 7.09. The number of hydrogen-bond acceptors (Lipinski definition) is 4. The van der Waals surface area contributed by atoms with E-state index in [9.17, 15) is 5.26 Å². The van der Waals surface area contributed by atoms with Crippen LogP contribution in [0.3, 0.4) is 0 Å². The summed E-state index contributed by atoms with van der Waals surface area (Å²) in [6, 6.07) is 14.0. The van der Waals surface area contributed by atoms with Gasteiger partial charge in [-0.25, -0.2) is 0 Å². The molecule has 1 atom stereocenters. The van der Waals surface area contributed by atoms with Gasteiger partial charge in [-0.1, -0.05) is 30.3 Å². The highest BCUT2D eigenvalue weighted by Gasteiger charge is 2.10. The van der Waals surface area contributed by atoms with E-state index in [1.807, 2.05) is 35.7 Å². The van der Waals surface area contributed by atoms with E-state index in [4.69, 9.17) is 4.74 Å². The summed E-state index contributed by atoms with van der Waals surface area (Å²) in [5, 5.41) is 14.6. The first-order valence-corrected chi connectivity index (χ1v) is 6.94. The smallest absolute Gasteiger partial charge is 0.121 e. The van der Waals surface area contributed by atoms with Crippen molar-refractivity contribution in [1.29, 1.82) is 5.26 Å². The normalized spacial score (nSPS) is 12.0. The standard InChI is InChI=1S/C15H16N2OS/c1-18-11-12-4-2-5-13(8-12)15(9-16)17-10-14-6-3-7-19-14/h2-8,15,17H,10-11H2,1H3. The quantitative estimate of drug-likeness (QED) is 0.878. The number of thiophene rings is 1. The highest BCUT2D eigenvalue weighted by atomic mass is 32.1. The Labute approximate surface area is 117 Å². The first kappa shape index (κ1) is 13.8. The summed E-state index contributed by atoms with van der Waals surface area (Å²) in [4.78, 5) is 1.23. The number of ether oxygens (including phenoxy) is 1. The Kier molecular flexibility index (Phi) is 5.10. The number of nitrogens with one attached hydrogen (secondary N) is 1. The number of rotatable bonds is 6. The fraction of sp³-hybridized carbons (Fsp3) is 0.267. The monoisotopic (exact) mass is 272 g/mol. The lowest BCUT2D eigenvalue weighted by molar-refractivity contribution is 0.185. The third-order valence-corrected chi connectivity index (χ3v) is 3.66. The van der Waals surface area contributed by atoms with E-state index in [1.54, 1.807) is 18.4 Å². The maximum absolute atomic E-state index is 9.29. The van der Waals surface area contributed by atoms with Crippen LogP contribution >= 0.6 is 11.3 Å². The molecule has 0 fully saturated rings. The van der Waals surface area contributed by atoms with E-state index in [0.29, 0.717) is 13.2 Å². The van der Waals surface area contributed by atoms with Crippen LogP contribution in [0.25, 0.3) is 0 Å². The second-order valence-electron chi connectivity index (χ2n) is 4.20. The zero-order valence-electron chi connectivity index (χ0n) is 10.8. The molecule has 4 heteroatoms. The molecule has 0 bridgehead atoms. The molecule has 1 heterocycles. The van der Waals surface area contributed by atoms with Gasteiger partial charge in [0.15, 0.2) is 0 Å². The lowest BCUT2D eigenvalue weighted by Crippen LogP contribution is -2.19. The van der Waals surface area contributed by atoms with Gasteiger partial charge < -0.3 is 4.74 Å². The third kappa shape index (κ3) is 3.90. The molecular formula is C15H16N2OS. The molecular weight excluding hydrogens is 256 g/mol. The zero-order chi connectivity index (χ0) is 13.5. The van der Waals surface area contributed by atoms with Gasteiger partial charge in [0.05, 0.1) is 12.7 Å². The molecule has 19 heavy (non-hydrogen) atoms. The fourth-order valence-corrected chi connectivity index (χ4v) is 2.54. The molecule has 1 aromatic carbocycles. The fourth-order valence-electron chi connectivity index (χ4n) is 1.88. The SMILES string of the molecule is COCc1cccc(C(C#N)NCc2cccs2)c1. The van der Waals surface area contributed by atoms with Crippen molar-refractivity contribution in [2.45, 2.75) is 19.2 Å². The Morgan fingerprint density at radius 3 is 2.95 bits per heavy atom. The van der Waals surface area contributed by atoms with Crippen LogP contribution in [0.1, 0.15) is 22.0 Å². The van der Waals surface area contributed by atoms with Crippen LogP contribution in [0.2, 0.25) is 0 Å². The second kappa shape index (κ2) is 7.05. The minimum absolute atomic E-state index is 0.293. The van der Waals surface area contributed by atoms with Crippen LogP contribution < -0.4 is 5.32 Å². The van der Waals surface area contributed by atoms with Crippen LogP contribution in [-0.4, -0.2) is 7.11 Å². The van der Waals surface area contributed by atoms with Gasteiger partial charge in [0.1, 0.15) is 6.04 Å². The summed E-state index contributed by atoms with van der Waals surface area (Å²) in [6.45, 7) is 1.28. The average molecular weight is 272 g/mol. The lowest BCUT2D eigenvalue weighted by Gasteiger charge is -2.12. The summed E-state index contributed by atoms with van der Waals surface area (Å²) in [5.74, 6) is 0. The summed E-state index contributed by atoms with van der Waals surface area (Å²) in [6.07, 6.45) is 0. The summed E-state index contributed by atoms with van der Waals surface area (Å²) >= 11 is 1.69. The Hall–Kier alpha value is -1.67. The molecule has 3 nitrogen and oxygen atoms in total. The van der Waals surface area contributed by atoms with Crippen molar-refractivity contribution in [2.24, 2.45) is 0 Å². The number of hydrogen-bond donors (Lipinski definition) is 1. The molecule has 1 N–H and O–H groups in total. The number of methoxy groups -OCH3 is 1. The first-order valence-electron chi connectivity index (χ1n) is 6.06. The maximum atomic E-state index is 9.29. The van der Waals surface area contributed by atoms with Crippen molar-refractivity contribution < 1.29 is 4.74 Å². The van der Waals surface area contributed by atoms with E-state index in [0.717, 1.165) is 11.1 Å². The van der Waals surface area contributed by atoms with Crippen LogP contribution in [0.5, 0.6) is 0 Å². The lowest BCUT2D eigenvalue weighted by atomic mass is 10.1. The van der Waals surface area contributed by atoms with E-state index in [-0.39, 0.29) is 6.04 Å². The summed E-state index contributed by atoms with van der Waals surface area (Å²) in [5.41, 5.74) is 2.06. The Morgan fingerprint density at radius 2 is 2.26 bits per heavy atom. The van der Waals surface area contributed by atoms with Crippen LogP contribution in [-0.2, 0) is 17.9 Å². The van der Waals surface area contributed by atoms with E-state index < -0.39 is 0 Å². The minimum atomic E-state index is -0.293. The molecule has 0 aliphatic heterocycles. The minimum Gasteiger partial charge on any atom is -0.380 e. The predicted molar refractivity (Wildman–Crippen MR) is 76.7 cm³/mol. The van der Waals surface area contributed by atoms with Crippen LogP contribution in [0.15, 0.2) is 41.8 Å². The molecule has 98 valence electrons. The van der Waals surface area contributed by atoms with Crippen molar-refractivity contribution in [3.8, 4) is 6.07 Å². The molecule has 1 aromatic heterocycles. The van der Waals surface area contributed by atoms with Crippen molar-refractivity contribution in [3.63, 3.8) is 0 Å². The van der Waals surface area contributed by atoms with Gasteiger partial charge in [-0.15, -0.1) is 11.3 Å². The predicted octanol–water partition coefficient (Wildman–Crippen LogP) is 3.25. The van der Waals surface area contributed by atoms with E-state index >= 15 is 0 Å². The summed E-state index contributed by atoms with van der Waals surface area (Å²) in [7, 11) is 1.67. The molecule has 0 aliphatic carbocycles. The average Bonchev–Trinajstić information content (AvgIpc) is 2.94. The van der Waals surface area contributed by atoms with Gasteiger partial charge in [-0.3, -0.25) is 5.32 Å². The second-order valence-corrected chi connectivity index (χ2v) is 5.23. The Morgan fingerprint density at radius 1 is 1.37 bits per heavy atom. The van der Waals surface area contributed by atoms with E-state index in [1.165, 1.54) is 4.88 Å². The summed E-state index contributed by atoms with van der Waals surface area (Å²) < 4.78 is 5.11. The molecule has 0 amide bonds. The van der Waals surface area contributed by atoms with Crippen LogP contribution in [0.4, 0.5) is 0 Å². The highest BCUT2D eigenvalue weighted by Crippen LogP contribution is 2.16. The third-order valence-electron chi connectivity index (χ3n) is 2.78. The van der Waals surface area contributed by atoms with Gasteiger partial charge in [-0.2, -0.15) is 5.26 Å². The number of nitrogens with zero attached hydrogens (tertiary/aromatic N) is 1. The van der Waals surface area contributed by atoms with E-state index in [2.05, 4.69) is 17.5 Å². The van der Waals surface area contributed by atoms with Crippen molar-refractivity contribution in [3.05, 3.63) is 57.8 Å². The van der Waals surface area contributed by atoms with Crippen molar-refractivity contribution in [1.82, 2.24) is 5.32 Å². The zero-order valence-corrected chi connectivity index (χ0v) is 11.6. The number of benzene rings is 1. The Bertz CT molecular complexity index is 546. The number of nitriles is 1. The van der Waals surface area contributed by atoms with Gasteiger partial charge in [0, 0.05) is 18.5 Å². The topological polar surface area (TPSA) is 45.0 Å². The molecule has 0 spiro atoms. The first-order chi connectivity index (χ1) is 9.33. The molecule has 1 unspecified atom stereocenters. The van der Waals surface area contributed by atoms with Gasteiger partial charge in [0.25, 0.3) is 0 Å². The molecule has 2 rings (SSSR count). The van der Waals surface area contributed by atoms with Crippen molar-refractivity contribution in [2.75, 3.05) is 7.11 Å². The molecule has 0 radical (unpaired) electrons. The molecule has 0 aliphatic rings. The molecule has 2 aromatic rings. The van der Waals surface area contributed by atoms with Crippen LogP contribution in [0, 0.1) is 11.3 Å². The maximum Gasteiger partial charge on any atom is 0.121 e. The Balaban J connectivity index is 2.04.